The molecule has 2 aliphatic rings. The van der Waals surface area contributed by atoms with Crippen LogP contribution in [0.25, 0.3) is 0 Å². The van der Waals surface area contributed by atoms with Crippen molar-refractivity contribution >= 4 is 15.9 Å². The average Bonchev–Trinajstić information content (AvgIpc) is 2.74. The number of hydrogen-bond donors (Lipinski definition) is 1. The lowest BCUT2D eigenvalue weighted by molar-refractivity contribution is -0.0562. The lowest BCUT2D eigenvalue weighted by Crippen LogP contribution is -2.48. The fourth-order valence-electron chi connectivity index (χ4n) is 3.93. The molecule has 1 heterocycles. The topological polar surface area (TPSA) is 99.5 Å². The highest BCUT2D eigenvalue weighted by atomic mass is 32.2. The number of sulfonamides is 1. The average molecular weight is 406 g/mol. The molecule has 8 heteroatoms. The van der Waals surface area contributed by atoms with E-state index in [0.717, 1.165) is 12.8 Å². The number of morpholine rings is 1. The molecule has 152 valence electrons. The maximum absolute atomic E-state index is 12.9. The zero-order chi connectivity index (χ0) is 20.0. The van der Waals surface area contributed by atoms with Gasteiger partial charge in [-0.2, -0.15) is 5.26 Å². The molecule has 1 aromatic carbocycles. The second-order valence-corrected chi connectivity index (χ2v) is 9.16. The third-order valence-electron chi connectivity index (χ3n) is 5.50. The van der Waals surface area contributed by atoms with Crippen LogP contribution in [0.2, 0.25) is 0 Å². The summed E-state index contributed by atoms with van der Waals surface area (Å²) < 4.78 is 32.7. The van der Waals surface area contributed by atoms with Gasteiger partial charge in [0.1, 0.15) is 0 Å². The number of carbonyl (C=O) groups is 1. The molecule has 2 fully saturated rings. The molecule has 1 aromatic rings. The molecule has 1 saturated heterocycles. The van der Waals surface area contributed by atoms with E-state index in [9.17, 15) is 13.2 Å². The first kappa shape index (κ1) is 20.8. The van der Waals surface area contributed by atoms with E-state index in [1.807, 2.05) is 11.0 Å². The zero-order valence-electron chi connectivity index (χ0n) is 16.0. The van der Waals surface area contributed by atoms with E-state index in [1.165, 1.54) is 31.4 Å². The summed E-state index contributed by atoms with van der Waals surface area (Å²) in [4.78, 5) is 14.8. The van der Waals surface area contributed by atoms with Gasteiger partial charge in [0, 0.05) is 31.6 Å². The number of benzene rings is 1. The van der Waals surface area contributed by atoms with Gasteiger partial charge >= 0.3 is 0 Å². The Labute approximate surface area is 166 Å². The van der Waals surface area contributed by atoms with Crippen molar-refractivity contribution in [3.8, 4) is 6.07 Å². The van der Waals surface area contributed by atoms with Crippen molar-refractivity contribution in [1.29, 1.82) is 5.26 Å². The molecule has 1 aliphatic heterocycles. The minimum Gasteiger partial charge on any atom is -0.374 e. The minimum absolute atomic E-state index is 0.0653. The monoisotopic (exact) mass is 405 g/mol. The fraction of sp³-hybridized carbons (Fsp3) is 0.600. The van der Waals surface area contributed by atoms with Crippen LogP contribution in [0.1, 0.15) is 48.9 Å². The molecule has 7 nitrogen and oxygen atoms in total. The first-order valence-corrected chi connectivity index (χ1v) is 11.4. The zero-order valence-corrected chi connectivity index (χ0v) is 16.8. The number of rotatable bonds is 6. The van der Waals surface area contributed by atoms with Crippen molar-refractivity contribution in [1.82, 2.24) is 9.62 Å². The van der Waals surface area contributed by atoms with Gasteiger partial charge in [0.25, 0.3) is 5.91 Å². The van der Waals surface area contributed by atoms with E-state index < -0.39 is 10.0 Å². The third-order valence-corrected chi connectivity index (χ3v) is 6.97. The second-order valence-electron chi connectivity index (χ2n) is 7.39. The Hall–Kier alpha value is -1.95. The number of amides is 1. The van der Waals surface area contributed by atoms with Crippen LogP contribution in [0.15, 0.2) is 29.2 Å². The van der Waals surface area contributed by atoms with Gasteiger partial charge in [0.2, 0.25) is 10.0 Å². The molecule has 0 radical (unpaired) electrons. The summed E-state index contributed by atoms with van der Waals surface area (Å²) in [5, 5.41) is 8.52. The number of ether oxygens (including phenoxy) is 1. The summed E-state index contributed by atoms with van der Waals surface area (Å²) in [6, 6.07) is 7.85. The van der Waals surface area contributed by atoms with Crippen molar-refractivity contribution in [2.45, 2.75) is 49.5 Å². The van der Waals surface area contributed by atoms with Gasteiger partial charge in [-0.05, 0) is 43.0 Å². The number of hydrogen-bond acceptors (Lipinski definition) is 5. The lowest BCUT2D eigenvalue weighted by Gasteiger charge is -2.38. The maximum Gasteiger partial charge on any atom is 0.254 e. The molecule has 28 heavy (non-hydrogen) atoms. The minimum atomic E-state index is -3.67. The molecule has 0 aromatic heterocycles. The van der Waals surface area contributed by atoms with Crippen LogP contribution in [-0.4, -0.2) is 51.6 Å². The van der Waals surface area contributed by atoms with Gasteiger partial charge < -0.3 is 9.64 Å². The van der Waals surface area contributed by atoms with E-state index in [0.29, 0.717) is 31.2 Å². The SMILES string of the molecule is N#CCCNS(=O)(=O)c1ccc(C(=O)N2CCOC(C3CCCCC3)C2)cc1. The predicted octanol–water partition coefficient (Wildman–Crippen LogP) is 2.30. The standard InChI is InChI=1S/C20H27N3O4S/c21-11-4-12-22-28(25,26)18-9-7-17(8-10-18)20(24)23-13-14-27-19(15-23)16-5-2-1-3-6-16/h7-10,16,19,22H,1-6,12-15H2. The normalized spacial score (nSPS) is 21.2. The van der Waals surface area contributed by atoms with E-state index in [2.05, 4.69) is 4.72 Å². The van der Waals surface area contributed by atoms with Crippen molar-refractivity contribution in [3.05, 3.63) is 29.8 Å². The van der Waals surface area contributed by atoms with Crippen LogP contribution in [0.4, 0.5) is 0 Å². The van der Waals surface area contributed by atoms with E-state index in [1.54, 1.807) is 12.1 Å². The van der Waals surface area contributed by atoms with Crippen LogP contribution in [0.3, 0.4) is 0 Å². The lowest BCUT2D eigenvalue weighted by atomic mass is 9.84. The van der Waals surface area contributed by atoms with Gasteiger partial charge in [-0.3, -0.25) is 4.79 Å². The summed E-state index contributed by atoms with van der Waals surface area (Å²) in [6.07, 6.45) is 6.28. The van der Waals surface area contributed by atoms with E-state index in [-0.39, 0.29) is 29.9 Å². The Bertz CT molecular complexity index is 811. The Kier molecular flexibility index (Phi) is 7.05. The number of nitrogens with zero attached hydrogens (tertiary/aromatic N) is 2. The Balaban J connectivity index is 1.63. The molecule has 1 aliphatic carbocycles. The van der Waals surface area contributed by atoms with Crippen molar-refractivity contribution in [2.75, 3.05) is 26.2 Å². The molecule has 1 unspecified atom stereocenters. The molecule has 1 amide bonds. The van der Waals surface area contributed by atoms with Crippen LogP contribution in [-0.2, 0) is 14.8 Å². The first-order chi connectivity index (χ1) is 13.5. The van der Waals surface area contributed by atoms with Crippen molar-refractivity contribution in [3.63, 3.8) is 0 Å². The largest absolute Gasteiger partial charge is 0.374 e. The van der Waals surface area contributed by atoms with Crippen molar-refractivity contribution < 1.29 is 17.9 Å². The third kappa shape index (κ3) is 5.10. The number of nitrogens with one attached hydrogen (secondary N) is 1. The second kappa shape index (κ2) is 9.50. The predicted molar refractivity (Wildman–Crippen MR) is 104 cm³/mol. The molecule has 1 N–H and O–H groups in total. The summed E-state index contributed by atoms with van der Waals surface area (Å²) in [7, 11) is -3.67. The highest BCUT2D eigenvalue weighted by Gasteiger charge is 2.31. The summed E-state index contributed by atoms with van der Waals surface area (Å²) in [5.74, 6) is 0.432. The van der Waals surface area contributed by atoms with Gasteiger partial charge in [0.15, 0.2) is 0 Å². The Morgan fingerprint density at radius 1 is 1.21 bits per heavy atom. The van der Waals surface area contributed by atoms with E-state index in [4.69, 9.17) is 10.00 Å². The number of carbonyl (C=O) groups excluding carboxylic acids is 1. The molecule has 3 rings (SSSR count). The smallest absolute Gasteiger partial charge is 0.254 e. The molecule has 1 atom stereocenters. The van der Waals surface area contributed by atoms with Gasteiger partial charge in [-0.1, -0.05) is 19.3 Å². The van der Waals surface area contributed by atoms with Gasteiger partial charge in [0.05, 0.1) is 23.7 Å². The highest BCUT2D eigenvalue weighted by Crippen LogP contribution is 2.30. The Morgan fingerprint density at radius 3 is 2.61 bits per heavy atom. The molecule has 0 bridgehead atoms. The van der Waals surface area contributed by atoms with Crippen LogP contribution < -0.4 is 4.72 Å². The fourth-order valence-corrected chi connectivity index (χ4v) is 4.97. The quantitative estimate of drug-likeness (QED) is 0.732. The van der Waals surface area contributed by atoms with E-state index >= 15 is 0 Å². The first-order valence-electron chi connectivity index (χ1n) is 9.89. The maximum atomic E-state index is 12.9. The highest BCUT2D eigenvalue weighted by molar-refractivity contribution is 7.89. The molecular weight excluding hydrogens is 378 g/mol. The van der Waals surface area contributed by atoms with Gasteiger partial charge in [-0.25, -0.2) is 13.1 Å². The Morgan fingerprint density at radius 2 is 1.93 bits per heavy atom. The molecular formula is C20H27N3O4S. The summed E-state index contributed by atoms with van der Waals surface area (Å²) >= 11 is 0. The molecule has 0 spiro atoms. The van der Waals surface area contributed by atoms with Gasteiger partial charge in [-0.15, -0.1) is 0 Å². The number of nitriles is 1. The van der Waals surface area contributed by atoms with Crippen LogP contribution >= 0.6 is 0 Å². The summed E-state index contributed by atoms with van der Waals surface area (Å²) in [6.45, 7) is 1.76. The summed E-state index contributed by atoms with van der Waals surface area (Å²) in [5.41, 5.74) is 0.472. The van der Waals surface area contributed by atoms with Crippen LogP contribution in [0, 0.1) is 17.2 Å². The van der Waals surface area contributed by atoms with Crippen LogP contribution in [0.5, 0.6) is 0 Å². The molecule has 1 saturated carbocycles. The van der Waals surface area contributed by atoms with Crippen molar-refractivity contribution in [2.24, 2.45) is 5.92 Å².